The molecule has 11 heavy (non-hydrogen) atoms. The van der Waals surface area contributed by atoms with Crippen molar-refractivity contribution in [3.63, 3.8) is 0 Å². The molecular weight excluding hydrogens is 140 g/mol. The van der Waals surface area contributed by atoms with Gasteiger partial charge in [0.2, 0.25) is 0 Å². The first-order valence-electron chi connectivity index (χ1n) is 4.37. The quantitative estimate of drug-likeness (QED) is 0.522. The summed E-state index contributed by atoms with van der Waals surface area (Å²) in [6.07, 6.45) is 7.08. The molecule has 4 N–H and O–H groups in total. The minimum absolute atomic E-state index is 0. The zero-order chi connectivity index (χ0) is 6.86. The second-order valence-electron chi connectivity index (χ2n) is 3.62. The fourth-order valence-electron chi connectivity index (χ4n) is 2.20. The molecule has 2 fully saturated rings. The van der Waals surface area contributed by atoms with Crippen LogP contribution in [0.2, 0.25) is 0 Å². The summed E-state index contributed by atoms with van der Waals surface area (Å²) >= 11 is 0. The van der Waals surface area contributed by atoms with Crippen molar-refractivity contribution in [3.05, 3.63) is 0 Å². The summed E-state index contributed by atoms with van der Waals surface area (Å²) in [5, 5.41) is 6.93. The predicted octanol–water partition coefficient (Wildman–Crippen LogP) is 0.0149. The van der Waals surface area contributed by atoms with Crippen molar-refractivity contribution in [3.8, 4) is 0 Å². The molecule has 0 aromatic heterocycles. The third-order valence-electron chi connectivity index (χ3n) is 2.86. The standard InChI is InChI=1S/C8H16N2.H2O/c1-2-4-8(5-3-1)6-9-7-10-8;/h9-10H,1-7H2;1H2. The molecule has 1 saturated carbocycles. The van der Waals surface area contributed by atoms with E-state index in [4.69, 9.17) is 0 Å². The van der Waals surface area contributed by atoms with Crippen LogP contribution in [0, 0.1) is 0 Å². The van der Waals surface area contributed by atoms with Crippen LogP contribution in [-0.4, -0.2) is 24.2 Å². The molecular formula is C8H18N2O. The van der Waals surface area contributed by atoms with Crippen molar-refractivity contribution in [1.82, 2.24) is 10.6 Å². The van der Waals surface area contributed by atoms with Crippen LogP contribution in [-0.2, 0) is 0 Å². The maximum Gasteiger partial charge on any atom is 0.0459 e. The van der Waals surface area contributed by atoms with E-state index in [1.165, 1.54) is 38.6 Å². The Morgan fingerprint density at radius 2 is 1.73 bits per heavy atom. The first-order valence-corrected chi connectivity index (χ1v) is 4.37. The number of rotatable bonds is 0. The van der Waals surface area contributed by atoms with Crippen LogP contribution >= 0.6 is 0 Å². The van der Waals surface area contributed by atoms with Gasteiger partial charge < -0.3 is 10.8 Å². The second kappa shape index (κ2) is 3.52. The highest BCUT2D eigenvalue weighted by Crippen LogP contribution is 2.28. The van der Waals surface area contributed by atoms with Gasteiger partial charge in [0.25, 0.3) is 0 Å². The Bertz CT molecular complexity index is 113. The molecule has 1 aliphatic heterocycles. The third kappa shape index (κ3) is 1.72. The van der Waals surface area contributed by atoms with E-state index in [1.807, 2.05) is 0 Å². The first kappa shape index (κ1) is 8.97. The van der Waals surface area contributed by atoms with Crippen LogP contribution in [0.15, 0.2) is 0 Å². The molecule has 3 heteroatoms. The number of hydrogen-bond acceptors (Lipinski definition) is 2. The van der Waals surface area contributed by atoms with Crippen molar-refractivity contribution in [2.45, 2.75) is 37.6 Å². The largest absolute Gasteiger partial charge is 0.412 e. The average molecular weight is 158 g/mol. The van der Waals surface area contributed by atoms with E-state index in [1.54, 1.807) is 0 Å². The fourth-order valence-corrected chi connectivity index (χ4v) is 2.20. The molecule has 0 bridgehead atoms. The van der Waals surface area contributed by atoms with Crippen molar-refractivity contribution in [2.24, 2.45) is 0 Å². The smallest absolute Gasteiger partial charge is 0.0459 e. The lowest BCUT2D eigenvalue weighted by atomic mass is 9.83. The maximum atomic E-state index is 3.56. The van der Waals surface area contributed by atoms with Gasteiger partial charge in [-0.2, -0.15) is 0 Å². The Hall–Kier alpha value is -0.120. The van der Waals surface area contributed by atoms with Gasteiger partial charge in [0.05, 0.1) is 0 Å². The Kier molecular flexibility index (Phi) is 2.87. The summed E-state index contributed by atoms with van der Waals surface area (Å²) < 4.78 is 0. The summed E-state index contributed by atoms with van der Waals surface area (Å²) in [4.78, 5) is 0. The molecule has 1 saturated heterocycles. The number of nitrogens with one attached hydrogen (secondary N) is 2. The zero-order valence-corrected chi connectivity index (χ0v) is 6.95. The van der Waals surface area contributed by atoms with Gasteiger partial charge in [0, 0.05) is 18.8 Å². The highest BCUT2D eigenvalue weighted by Gasteiger charge is 2.33. The van der Waals surface area contributed by atoms with Crippen LogP contribution in [0.5, 0.6) is 0 Å². The predicted molar refractivity (Wildman–Crippen MR) is 45.4 cm³/mol. The molecule has 2 aliphatic rings. The number of hydrogen-bond donors (Lipinski definition) is 2. The lowest BCUT2D eigenvalue weighted by Gasteiger charge is -2.32. The van der Waals surface area contributed by atoms with E-state index in [0.29, 0.717) is 5.54 Å². The molecule has 3 nitrogen and oxygen atoms in total. The molecule has 0 unspecified atom stereocenters. The molecule has 0 radical (unpaired) electrons. The minimum Gasteiger partial charge on any atom is -0.412 e. The van der Waals surface area contributed by atoms with E-state index in [0.717, 1.165) is 6.67 Å². The zero-order valence-electron chi connectivity index (χ0n) is 6.95. The van der Waals surface area contributed by atoms with Gasteiger partial charge in [-0.3, -0.25) is 5.32 Å². The minimum atomic E-state index is 0. The van der Waals surface area contributed by atoms with Crippen LogP contribution < -0.4 is 10.6 Å². The van der Waals surface area contributed by atoms with E-state index >= 15 is 0 Å². The molecule has 0 aromatic rings. The van der Waals surface area contributed by atoms with E-state index in [-0.39, 0.29) is 5.48 Å². The first-order chi connectivity index (χ1) is 4.91. The molecule has 2 rings (SSSR count). The van der Waals surface area contributed by atoms with Gasteiger partial charge in [-0.05, 0) is 12.8 Å². The highest BCUT2D eigenvalue weighted by atomic mass is 16.0. The monoisotopic (exact) mass is 158 g/mol. The second-order valence-corrected chi connectivity index (χ2v) is 3.62. The van der Waals surface area contributed by atoms with Crippen LogP contribution in [0.25, 0.3) is 0 Å². The topological polar surface area (TPSA) is 55.6 Å². The molecule has 0 amide bonds. The van der Waals surface area contributed by atoms with E-state index < -0.39 is 0 Å². The van der Waals surface area contributed by atoms with Gasteiger partial charge in [0.1, 0.15) is 0 Å². The van der Waals surface area contributed by atoms with Gasteiger partial charge >= 0.3 is 0 Å². The van der Waals surface area contributed by atoms with Crippen molar-refractivity contribution in [2.75, 3.05) is 13.2 Å². The van der Waals surface area contributed by atoms with Gasteiger partial charge in [0.15, 0.2) is 0 Å². The fraction of sp³-hybridized carbons (Fsp3) is 1.00. The Labute approximate surface area is 67.9 Å². The normalized spacial score (nSPS) is 28.4. The van der Waals surface area contributed by atoms with Gasteiger partial charge in [-0.25, -0.2) is 0 Å². The molecule has 1 aliphatic carbocycles. The molecule has 66 valence electrons. The van der Waals surface area contributed by atoms with Gasteiger partial charge in [-0.15, -0.1) is 0 Å². The Balaban J connectivity index is 0.000000605. The summed E-state index contributed by atoms with van der Waals surface area (Å²) in [5.41, 5.74) is 0.512. The van der Waals surface area contributed by atoms with E-state index in [2.05, 4.69) is 10.6 Å². The SMILES string of the molecule is C1CCC2(CC1)CNCN2.O. The third-order valence-corrected chi connectivity index (χ3v) is 2.86. The molecule has 0 aromatic carbocycles. The molecule has 0 atom stereocenters. The summed E-state index contributed by atoms with van der Waals surface area (Å²) in [5.74, 6) is 0. The lowest BCUT2D eigenvalue weighted by molar-refractivity contribution is 0.279. The Morgan fingerprint density at radius 1 is 1.00 bits per heavy atom. The molecule has 1 spiro atoms. The Morgan fingerprint density at radius 3 is 2.27 bits per heavy atom. The van der Waals surface area contributed by atoms with Crippen LogP contribution in [0.4, 0.5) is 0 Å². The van der Waals surface area contributed by atoms with Gasteiger partial charge in [-0.1, -0.05) is 19.3 Å². The summed E-state index contributed by atoms with van der Waals surface area (Å²) in [6, 6.07) is 0. The van der Waals surface area contributed by atoms with Crippen LogP contribution in [0.3, 0.4) is 0 Å². The van der Waals surface area contributed by atoms with Crippen molar-refractivity contribution < 1.29 is 5.48 Å². The average Bonchev–Trinajstić information content (AvgIpc) is 2.39. The molecule has 1 heterocycles. The maximum absolute atomic E-state index is 3.56. The van der Waals surface area contributed by atoms with Crippen molar-refractivity contribution >= 4 is 0 Å². The summed E-state index contributed by atoms with van der Waals surface area (Å²) in [6.45, 7) is 2.23. The highest BCUT2D eigenvalue weighted by molar-refractivity contribution is 4.95. The van der Waals surface area contributed by atoms with E-state index in [9.17, 15) is 0 Å². The van der Waals surface area contributed by atoms with Crippen molar-refractivity contribution in [1.29, 1.82) is 0 Å². The summed E-state index contributed by atoms with van der Waals surface area (Å²) in [7, 11) is 0. The van der Waals surface area contributed by atoms with Crippen LogP contribution in [0.1, 0.15) is 32.1 Å². The lowest BCUT2D eigenvalue weighted by Crippen LogP contribution is -2.43.